The summed E-state index contributed by atoms with van der Waals surface area (Å²) in [4.78, 5) is 19.1. The van der Waals surface area contributed by atoms with Gasteiger partial charge in [0.15, 0.2) is 11.7 Å². The number of carbonyl (C=O) groups is 1. The molecule has 2 heterocycles. The summed E-state index contributed by atoms with van der Waals surface area (Å²) in [6, 6.07) is 10.2. The Labute approximate surface area is 167 Å². The van der Waals surface area contributed by atoms with E-state index in [1.165, 1.54) is 0 Å². The lowest BCUT2D eigenvalue weighted by Gasteiger charge is -2.35. The molecule has 1 aliphatic rings. The zero-order chi connectivity index (χ0) is 19.8. The number of amides is 1. The SMILES string of the molecule is CC(C)CC(CNC(=O)CCc1ncc(-c2ccccc2)o1)N1CCOCC1. The quantitative estimate of drug-likeness (QED) is 0.718. The van der Waals surface area contributed by atoms with Gasteiger partial charge in [-0.2, -0.15) is 0 Å². The summed E-state index contributed by atoms with van der Waals surface area (Å²) < 4.78 is 11.2. The standard InChI is InChI=1S/C22H31N3O3/c1-17(2)14-19(25-10-12-27-13-11-25)15-23-21(26)8-9-22-24-16-20(28-22)18-6-4-3-5-7-18/h3-7,16-17,19H,8-15H2,1-2H3,(H,23,26). The van der Waals surface area contributed by atoms with Crippen molar-refractivity contribution in [1.29, 1.82) is 0 Å². The molecule has 1 saturated heterocycles. The molecule has 1 atom stereocenters. The molecule has 1 aromatic heterocycles. The molecule has 1 unspecified atom stereocenters. The largest absolute Gasteiger partial charge is 0.441 e. The molecule has 3 rings (SSSR count). The molecule has 1 aromatic carbocycles. The zero-order valence-corrected chi connectivity index (χ0v) is 16.9. The first-order chi connectivity index (χ1) is 13.6. The van der Waals surface area contributed by atoms with E-state index in [1.54, 1.807) is 6.20 Å². The molecule has 2 aromatic rings. The summed E-state index contributed by atoms with van der Waals surface area (Å²) in [5.74, 6) is 1.97. The first-order valence-electron chi connectivity index (χ1n) is 10.2. The molecule has 1 fully saturated rings. The summed E-state index contributed by atoms with van der Waals surface area (Å²) in [7, 11) is 0. The summed E-state index contributed by atoms with van der Waals surface area (Å²) in [6.45, 7) is 8.55. The van der Waals surface area contributed by atoms with E-state index in [0.29, 0.717) is 37.2 Å². The number of aromatic nitrogens is 1. The maximum atomic E-state index is 12.3. The number of hydrogen-bond donors (Lipinski definition) is 1. The van der Waals surface area contributed by atoms with E-state index in [4.69, 9.17) is 9.15 Å². The molecule has 0 bridgehead atoms. The number of rotatable bonds is 9. The van der Waals surface area contributed by atoms with Crippen molar-refractivity contribution in [3.05, 3.63) is 42.4 Å². The predicted octanol–water partition coefficient (Wildman–Crippen LogP) is 3.14. The van der Waals surface area contributed by atoms with Crippen LogP contribution in [0.3, 0.4) is 0 Å². The Morgan fingerprint density at radius 1 is 1.21 bits per heavy atom. The van der Waals surface area contributed by atoms with Gasteiger partial charge in [0.1, 0.15) is 0 Å². The van der Waals surface area contributed by atoms with Gasteiger partial charge in [-0.15, -0.1) is 0 Å². The van der Waals surface area contributed by atoms with Gasteiger partial charge in [-0.25, -0.2) is 4.98 Å². The molecular formula is C22H31N3O3. The average Bonchev–Trinajstić information content (AvgIpc) is 3.20. The van der Waals surface area contributed by atoms with Gasteiger partial charge in [0.05, 0.1) is 19.4 Å². The number of hydrogen-bond acceptors (Lipinski definition) is 5. The Morgan fingerprint density at radius 2 is 1.96 bits per heavy atom. The highest BCUT2D eigenvalue weighted by Gasteiger charge is 2.22. The van der Waals surface area contributed by atoms with Gasteiger partial charge in [-0.3, -0.25) is 9.69 Å². The monoisotopic (exact) mass is 385 g/mol. The van der Waals surface area contributed by atoms with E-state index < -0.39 is 0 Å². The molecule has 1 amide bonds. The Balaban J connectivity index is 1.46. The summed E-state index contributed by atoms with van der Waals surface area (Å²) >= 11 is 0. The molecule has 1 N–H and O–H groups in total. The molecule has 0 aliphatic carbocycles. The van der Waals surface area contributed by atoms with E-state index in [2.05, 4.69) is 29.0 Å². The van der Waals surface area contributed by atoms with Gasteiger partial charge >= 0.3 is 0 Å². The van der Waals surface area contributed by atoms with Crippen molar-refractivity contribution in [2.75, 3.05) is 32.8 Å². The summed E-state index contributed by atoms with van der Waals surface area (Å²) in [6.07, 6.45) is 3.68. The van der Waals surface area contributed by atoms with Gasteiger partial charge in [-0.05, 0) is 12.3 Å². The molecule has 1 aliphatic heterocycles. The number of nitrogens with one attached hydrogen (secondary N) is 1. The number of oxazole rings is 1. The van der Waals surface area contributed by atoms with E-state index in [9.17, 15) is 4.79 Å². The lowest BCUT2D eigenvalue weighted by Crippen LogP contribution is -2.49. The highest BCUT2D eigenvalue weighted by Crippen LogP contribution is 2.20. The average molecular weight is 386 g/mol. The van der Waals surface area contributed by atoms with Crippen molar-refractivity contribution in [1.82, 2.24) is 15.2 Å². The van der Waals surface area contributed by atoms with E-state index in [1.807, 2.05) is 30.3 Å². The second kappa shape index (κ2) is 10.4. The van der Waals surface area contributed by atoms with Crippen molar-refractivity contribution in [2.24, 2.45) is 5.92 Å². The van der Waals surface area contributed by atoms with E-state index in [0.717, 1.165) is 44.0 Å². The minimum absolute atomic E-state index is 0.0430. The van der Waals surface area contributed by atoms with Crippen LogP contribution < -0.4 is 5.32 Å². The fourth-order valence-corrected chi connectivity index (χ4v) is 3.55. The lowest BCUT2D eigenvalue weighted by molar-refractivity contribution is -0.121. The van der Waals surface area contributed by atoms with Gasteiger partial charge in [-0.1, -0.05) is 44.2 Å². The third-order valence-electron chi connectivity index (χ3n) is 5.02. The second-order valence-corrected chi connectivity index (χ2v) is 7.72. The maximum absolute atomic E-state index is 12.3. The van der Waals surface area contributed by atoms with Crippen LogP contribution in [-0.4, -0.2) is 54.7 Å². The van der Waals surface area contributed by atoms with Crippen molar-refractivity contribution >= 4 is 5.91 Å². The second-order valence-electron chi connectivity index (χ2n) is 7.72. The van der Waals surface area contributed by atoms with Crippen molar-refractivity contribution in [3.63, 3.8) is 0 Å². The topological polar surface area (TPSA) is 67.6 Å². The van der Waals surface area contributed by atoms with Crippen LogP contribution in [0.5, 0.6) is 0 Å². The molecule has 28 heavy (non-hydrogen) atoms. The highest BCUT2D eigenvalue weighted by molar-refractivity contribution is 5.76. The molecule has 0 saturated carbocycles. The zero-order valence-electron chi connectivity index (χ0n) is 16.9. The minimum Gasteiger partial charge on any atom is -0.441 e. The molecular weight excluding hydrogens is 354 g/mol. The lowest BCUT2D eigenvalue weighted by atomic mass is 10.0. The Bertz CT molecular complexity index is 724. The van der Waals surface area contributed by atoms with Crippen LogP contribution in [-0.2, 0) is 16.0 Å². The number of morpholine rings is 1. The number of aryl methyl sites for hydroxylation is 1. The number of carbonyl (C=O) groups excluding carboxylic acids is 1. The van der Waals surface area contributed by atoms with Gasteiger partial charge < -0.3 is 14.5 Å². The van der Waals surface area contributed by atoms with Crippen LogP contribution in [0.25, 0.3) is 11.3 Å². The van der Waals surface area contributed by atoms with Crippen LogP contribution in [0, 0.1) is 5.92 Å². The Hall–Kier alpha value is -2.18. The smallest absolute Gasteiger partial charge is 0.220 e. The first kappa shape index (κ1) is 20.6. The molecule has 6 nitrogen and oxygen atoms in total. The normalized spacial score (nSPS) is 16.2. The summed E-state index contributed by atoms with van der Waals surface area (Å²) in [5.41, 5.74) is 0.993. The molecule has 152 valence electrons. The molecule has 0 radical (unpaired) electrons. The van der Waals surface area contributed by atoms with Gasteiger partial charge in [0, 0.05) is 44.1 Å². The fourth-order valence-electron chi connectivity index (χ4n) is 3.55. The summed E-state index contributed by atoms with van der Waals surface area (Å²) in [5, 5.41) is 3.10. The van der Waals surface area contributed by atoms with Crippen molar-refractivity contribution in [3.8, 4) is 11.3 Å². The van der Waals surface area contributed by atoms with Crippen LogP contribution >= 0.6 is 0 Å². The van der Waals surface area contributed by atoms with E-state index in [-0.39, 0.29) is 5.91 Å². The first-order valence-corrected chi connectivity index (χ1v) is 10.2. The van der Waals surface area contributed by atoms with Gasteiger partial charge in [0.2, 0.25) is 5.91 Å². The van der Waals surface area contributed by atoms with Crippen LogP contribution in [0.1, 0.15) is 32.6 Å². The maximum Gasteiger partial charge on any atom is 0.220 e. The Morgan fingerprint density at radius 3 is 2.68 bits per heavy atom. The fraction of sp³-hybridized carbons (Fsp3) is 0.545. The van der Waals surface area contributed by atoms with Crippen molar-refractivity contribution in [2.45, 2.75) is 39.2 Å². The van der Waals surface area contributed by atoms with Gasteiger partial charge in [0.25, 0.3) is 0 Å². The minimum atomic E-state index is 0.0430. The van der Waals surface area contributed by atoms with Crippen molar-refractivity contribution < 1.29 is 13.9 Å². The van der Waals surface area contributed by atoms with Crippen LogP contribution in [0.4, 0.5) is 0 Å². The molecule has 0 spiro atoms. The highest BCUT2D eigenvalue weighted by atomic mass is 16.5. The Kier molecular flexibility index (Phi) is 7.62. The predicted molar refractivity (Wildman–Crippen MR) is 109 cm³/mol. The number of benzene rings is 1. The van der Waals surface area contributed by atoms with E-state index >= 15 is 0 Å². The number of nitrogens with zero attached hydrogens (tertiary/aromatic N) is 2. The third-order valence-corrected chi connectivity index (χ3v) is 5.02. The van der Waals surface area contributed by atoms with Crippen LogP contribution in [0.2, 0.25) is 0 Å². The third kappa shape index (κ3) is 6.17. The molecule has 6 heteroatoms. The van der Waals surface area contributed by atoms with Crippen LogP contribution in [0.15, 0.2) is 40.9 Å². The number of ether oxygens (including phenoxy) is 1.